The molecule has 0 saturated heterocycles. The molecule has 0 spiro atoms. The number of nitrogens with zero attached hydrogens (tertiary/aromatic N) is 2. The van der Waals surface area contributed by atoms with Gasteiger partial charge in [-0.05, 0) is 38.5 Å². The van der Waals surface area contributed by atoms with Crippen molar-refractivity contribution in [1.82, 2.24) is 15.6 Å². The van der Waals surface area contributed by atoms with Crippen LogP contribution in [0.15, 0.2) is 9.41 Å². The second-order valence-electron chi connectivity index (χ2n) is 6.48. The van der Waals surface area contributed by atoms with Gasteiger partial charge < -0.3 is 19.8 Å². The normalized spacial score (nSPS) is 16.8. The van der Waals surface area contributed by atoms with Gasteiger partial charge >= 0.3 is 0 Å². The third kappa shape index (κ3) is 5.91. The molecule has 7 heteroatoms. The SMILES string of the molecule is CN=C(NCc1nc(C)c(C)o1)NCC1(CCOC)CCCC1.I. The Balaban J connectivity index is 0.00000288. The first-order valence-corrected chi connectivity index (χ1v) is 8.45. The van der Waals surface area contributed by atoms with Gasteiger partial charge in [-0.2, -0.15) is 0 Å². The topological polar surface area (TPSA) is 71.7 Å². The molecule has 1 saturated carbocycles. The van der Waals surface area contributed by atoms with Crippen LogP contribution in [0.1, 0.15) is 49.4 Å². The average Bonchev–Trinajstić information content (AvgIpc) is 3.13. The van der Waals surface area contributed by atoms with Gasteiger partial charge in [0.2, 0.25) is 5.89 Å². The van der Waals surface area contributed by atoms with Gasteiger partial charge in [-0.3, -0.25) is 4.99 Å². The lowest BCUT2D eigenvalue weighted by Crippen LogP contribution is -2.43. The van der Waals surface area contributed by atoms with Crippen LogP contribution in [0.2, 0.25) is 0 Å². The van der Waals surface area contributed by atoms with E-state index in [1.807, 2.05) is 13.8 Å². The Labute approximate surface area is 162 Å². The molecule has 0 radical (unpaired) electrons. The number of nitrogens with one attached hydrogen (secondary N) is 2. The van der Waals surface area contributed by atoms with E-state index in [1.54, 1.807) is 14.2 Å². The number of guanidine groups is 1. The van der Waals surface area contributed by atoms with Crippen molar-refractivity contribution in [3.05, 3.63) is 17.3 Å². The first-order valence-electron chi connectivity index (χ1n) is 8.45. The van der Waals surface area contributed by atoms with E-state index in [0.29, 0.717) is 17.9 Å². The van der Waals surface area contributed by atoms with Crippen molar-refractivity contribution in [3.63, 3.8) is 0 Å². The molecule has 0 atom stereocenters. The van der Waals surface area contributed by atoms with Crippen LogP contribution in [0, 0.1) is 19.3 Å². The Kier molecular flexibility index (Phi) is 9.04. The van der Waals surface area contributed by atoms with Crippen molar-refractivity contribution in [2.45, 2.75) is 52.5 Å². The highest BCUT2D eigenvalue weighted by Crippen LogP contribution is 2.40. The van der Waals surface area contributed by atoms with Crippen LogP contribution in [0.3, 0.4) is 0 Å². The molecule has 138 valence electrons. The highest BCUT2D eigenvalue weighted by molar-refractivity contribution is 14.0. The van der Waals surface area contributed by atoms with Gasteiger partial charge in [0, 0.05) is 27.3 Å². The Morgan fingerprint density at radius 2 is 2.00 bits per heavy atom. The van der Waals surface area contributed by atoms with Crippen molar-refractivity contribution in [1.29, 1.82) is 0 Å². The highest BCUT2D eigenvalue weighted by atomic mass is 127. The summed E-state index contributed by atoms with van der Waals surface area (Å²) in [7, 11) is 3.56. The maximum absolute atomic E-state index is 5.59. The molecule has 2 N–H and O–H groups in total. The molecule has 0 aromatic carbocycles. The third-order valence-electron chi connectivity index (χ3n) is 4.84. The summed E-state index contributed by atoms with van der Waals surface area (Å²) < 4.78 is 10.9. The van der Waals surface area contributed by atoms with E-state index in [4.69, 9.17) is 9.15 Å². The fraction of sp³-hybridized carbons (Fsp3) is 0.765. The number of hydrogen-bond acceptors (Lipinski definition) is 4. The predicted molar refractivity (Wildman–Crippen MR) is 107 cm³/mol. The van der Waals surface area contributed by atoms with Crippen molar-refractivity contribution < 1.29 is 9.15 Å². The van der Waals surface area contributed by atoms with Gasteiger partial charge in [-0.1, -0.05) is 12.8 Å². The molecule has 0 bridgehead atoms. The second-order valence-corrected chi connectivity index (χ2v) is 6.48. The summed E-state index contributed by atoms with van der Waals surface area (Å²) in [5.41, 5.74) is 1.28. The Bertz CT molecular complexity index is 505. The summed E-state index contributed by atoms with van der Waals surface area (Å²) in [5.74, 6) is 2.36. The summed E-state index contributed by atoms with van der Waals surface area (Å²) in [6.45, 7) is 6.18. The lowest BCUT2D eigenvalue weighted by atomic mass is 9.83. The van der Waals surface area contributed by atoms with Crippen LogP contribution in [0.25, 0.3) is 0 Å². The van der Waals surface area contributed by atoms with Crippen LogP contribution >= 0.6 is 24.0 Å². The van der Waals surface area contributed by atoms with Crippen LogP contribution < -0.4 is 10.6 Å². The quantitative estimate of drug-likeness (QED) is 0.380. The Hall–Kier alpha value is -0.830. The van der Waals surface area contributed by atoms with E-state index >= 15 is 0 Å². The maximum Gasteiger partial charge on any atom is 0.214 e. The molecule has 2 rings (SSSR count). The summed E-state index contributed by atoms with van der Waals surface area (Å²) in [4.78, 5) is 8.68. The molecule has 24 heavy (non-hydrogen) atoms. The van der Waals surface area contributed by atoms with E-state index in [2.05, 4.69) is 20.6 Å². The molecular weight excluding hydrogens is 419 g/mol. The standard InChI is InChI=1S/C17H30N4O2.HI/c1-13-14(2)23-15(21-13)11-19-16(18-3)20-12-17(9-10-22-4)7-5-6-8-17;/h5-12H2,1-4H3,(H2,18,19,20);1H. The lowest BCUT2D eigenvalue weighted by Gasteiger charge is -2.29. The predicted octanol–water partition coefficient (Wildman–Crippen LogP) is 3.17. The highest BCUT2D eigenvalue weighted by Gasteiger charge is 2.33. The maximum atomic E-state index is 5.59. The zero-order valence-electron chi connectivity index (χ0n) is 15.3. The molecule has 1 aliphatic rings. The van der Waals surface area contributed by atoms with Gasteiger partial charge in [0.05, 0.1) is 12.2 Å². The van der Waals surface area contributed by atoms with Gasteiger partial charge in [0.1, 0.15) is 5.76 Å². The van der Waals surface area contributed by atoms with Crippen molar-refractivity contribution in [3.8, 4) is 0 Å². The lowest BCUT2D eigenvalue weighted by molar-refractivity contribution is 0.138. The van der Waals surface area contributed by atoms with Crippen LogP contribution in [0.5, 0.6) is 0 Å². The number of rotatable bonds is 7. The zero-order chi connectivity index (χ0) is 16.7. The van der Waals surface area contributed by atoms with Crippen LogP contribution in [-0.2, 0) is 11.3 Å². The Morgan fingerprint density at radius 3 is 2.54 bits per heavy atom. The van der Waals surface area contributed by atoms with Gasteiger partial charge in [0.25, 0.3) is 0 Å². The van der Waals surface area contributed by atoms with Crippen molar-refractivity contribution in [2.24, 2.45) is 10.4 Å². The molecule has 0 amide bonds. The summed E-state index contributed by atoms with van der Waals surface area (Å²) >= 11 is 0. The van der Waals surface area contributed by atoms with E-state index < -0.39 is 0 Å². The number of hydrogen-bond donors (Lipinski definition) is 2. The fourth-order valence-corrected chi connectivity index (χ4v) is 3.22. The van der Waals surface area contributed by atoms with Crippen LogP contribution in [0.4, 0.5) is 0 Å². The number of oxazole rings is 1. The van der Waals surface area contributed by atoms with Gasteiger partial charge in [0.15, 0.2) is 5.96 Å². The number of aromatic nitrogens is 1. The molecule has 1 aromatic heterocycles. The molecule has 0 aliphatic heterocycles. The van der Waals surface area contributed by atoms with Crippen molar-refractivity contribution >= 4 is 29.9 Å². The third-order valence-corrected chi connectivity index (χ3v) is 4.84. The smallest absolute Gasteiger partial charge is 0.214 e. The van der Waals surface area contributed by atoms with E-state index in [9.17, 15) is 0 Å². The van der Waals surface area contributed by atoms with Gasteiger partial charge in [-0.15, -0.1) is 24.0 Å². The molecule has 1 aromatic rings. The largest absolute Gasteiger partial charge is 0.444 e. The second kappa shape index (κ2) is 10.2. The molecule has 0 unspecified atom stereocenters. The fourth-order valence-electron chi connectivity index (χ4n) is 3.22. The summed E-state index contributed by atoms with van der Waals surface area (Å²) in [6.07, 6.45) is 6.25. The molecule has 6 nitrogen and oxygen atoms in total. The monoisotopic (exact) mass is 450 g/mol. The number of aryl methyl sites for hydroxylation is 2. The molecule has 1 heterocycles. The number of halogens is 1. The van der Waals surface area contributed by atoms with Crippen molar-refractivity contribution in [2.75, 3.05) is 27.3 Å². The van der Waals surface area contributed by atoms with Gasteiger partial charge in [-0.25, -0.2) is 4.98 Å². The summed E-state index contributed by atoms with van der Waals surface area (Å²) in [6, 6.07) is 0. The van der Waals surface area contributed by atoms with E-state index in [-0.39, 0.29) is 24.0 Å². The average molecular weight is 450 g/mol. The van der Waals surface area contributed by atoms with E-state index in [0.717, 1.165) is 37.0 Å². The summed E-state index contributed by atoms with van der Waals surface area (Å²) in [5, 5.41) is 6.74. The Morgan fingerprint density at radius 1 is 1.29 bits per heavy atom. The van der Waals surface area contributed by atoms with Crippen LogP contribution in [-0.4, -0.2) is 38.3 Å². The zero-order valence-corrected chi connectivity index (χ0v) is 17.6. The number of methoxy groups -OCH3 is 1. The minimum absolute atomic E-state index is 0. The number of ether oxygens (including phenoxy) is 1. The molecular formula is C17H31IN4O2. The first-order chi connectivity index (χ1) is 11.1. The van der Waals surface area contributed by atoms with E-state index in [1.165, 1.54) is 25.7 Å². The molecule has 1 fully saturated rings. The molecule has 1 aliphatic carbocycles. The first kappa shape index (κ1) is 21.2. The minimum atomic E-state index is 0. The number of aliphatic imine (C=N–C) groups is 1. The minimum Gasteiger partial charge on any atom is -0.444 e.